The molecule has 0 bridgehead atoms. The number of rotatable bonds is 3. The normalized spacial score (nSPS) is 10.5. The van der Waals surface area contributed by atoms with Gasteiger partial charge in [0.1, 0.15) is 0 Å². The minimum atomic E-state index is 0.174. The number of aromatic nitrogens is 1. The number of ketones is 1. The van der Waals surface area contributed by atoms with E-state index in [1.165, 1.54) is 16.2 Å². The van der Waals surface area contributed by atoms with Crippen molar-refractivity contribution in [3.63, 3.8) is 0 Å². The molecule has 0 aliphatic rings. The first-order chi connectivity index (χ1) is 7.16. The maximum Gasteiger partial charge on any atom is 0.179 e. The van der Waals surface area contributed by atoms with Gasteiger partial charge in [-0.1, -0.05) is 0 Å². The van der Waals surface area contributed by atoms with Crippen LogP contribution in [0.1, 0.15) is 25.8 Å². The molecule has 78 valence electrons. The van der Waals surface area contributed by atoms with Crippen molar-refractivity contribution in [2.24, 2.45) is 0 Å². The lowest BCUT2D eigenvalue weighted by Gasteiger charge is -1.96. The first-order valence-electron chi connectivity index (χ1n) is 4.64. The SMILES string of the molecule is Cc1cc(CC(=O)c2scnc2C)cs1. The Hall–Kier alpha value is -1.000. The van der Waals surface area contributed by atoms with Crippen molar-refractivity contribution < 1.29 is 4.79 Å². The third-order valence-corrected chi connectivity index (χ3v) is 4.03. The molecule has 2 rings (SSSR count). The Kier molecular flexibility index (Phi) is 2.98. The Morgan fingerprint density at radius 2 is 2.20 bits per heavy atom. The molecule has 0 saturated carbocycles. The highest BCUT2D eigenvalue weighted by Crippen LogP contribution is 2.18. The van der Waals surface area contributed by atoms with Gasteiger partial charge in [-0.2, -0.15) is 0 Å². The fraction of sp³-hybridized carbons (Fsp3) is 0.273. The summed E-state index contributed by atoms with van der Waals surface area (Å²) in [6.07, 6.45) is 0.493. The second-order valence-electron chi connectivity index (χ2n) is 3.43. The summed E-state index contributed by atoms with van der Waals surface area (Å²) in [4.78, 5) is 18.0. The van der Waals surface area contributed by atoms with Gasteiger partial charge in [-0.25, -0.2) is 4.98 Å². The van der Waals surface area contributed by atoms with Crippen molar-refractivity contribution in [2.75, 3.05) is 0 Å². The molecule has 0 fully saturated rings. The summed E-state index contributed by atoms with van der Waals surface area (Å²) in [6.45, 7) is 3.93. The zero-order valence-corrected chi connectivity index (χ0v) is 10.2. The molecule has 2 nitrogen and oxygen atoms in total. The molecule has 0 aliphatic heterocycles. The first-order valence-corrected chi connectivity index (χ1v) is 6.40. The Morgan fingerprint density at radius 1 is 1.40 bits per heavy atom. The Labute approximate surface area is 96.6 Å². The topological polar surface area (TPSA) is 30.0 Å². The molecule has 4 heteroatoms. The van der Waals surface area contributed by atoms with Gasteiger partial charge in [0, 0.05) is 11.3 Å². The van der Waals surface area contributed by atoms with E-state index in [0.29, 0.717) is 6.42 Å². The van der Waals surface area contributed by atoms with Gasteiger partial charge >= 0.3 is 0 Å². The Bertz CT molecular complexity index is 484. The Morgan fingerprint density at radius 3 is 2.73 bits per heavy atom. The predicted octanol–water partition coefficient (Wildman–Crippen LogP) is 3.25. The summed E-state index contributed by atoms with van der Waals surface area (Å²) in [5.41, 5.74) is 3.67. The summed E-state index contributed by atoms with van der Waals surface area (Å²) >= 11 is 3.11. The van der Waals surface area contributed by atoms with E-state index >= 15 is 0 Å². The number of nitrogens with zero attached hydrogens (tertiary/aromatic N) is 1. The highest BCUT2D eigenvalue weighted by molar-refractivity contribution is 7.12. The van der Waals surface area contributed by atoms with Crippen molar-refractivity contribution in [1.29, 1.82) is 0 Å². The number of thiophene rings is 1. The van der Waals surface area contributed by atoms with Crippen molar-refractivity contribution in [1.82, 2.24) is 4.98 Å². The lowest BCUT2D eigenvalue weighted by Crippen LogP contribution is -2.02. The van der Waals surface area contributed by atoms with E-state index in [1.807, 2.05) is 12.3 Å². The standard InChI is InChI=1S/C11H11NOS2/c1-7-3-9(5-14-7)4-10(13)11-8(2)12-6-15-11/h3,5-6H,4H2,1-2H3. The fourth-order valence-corrected chi connectivity index (χ4v) is 2.88. The molecule has 2 aromatic heterocycles. The number of thiazole rings is 1. The molecule has 0 atom stereocenters. The monoisotopic (exact) mass is 237 g/mol. The van der Waals surface area contributed by atoms with Crippen LogP contribution < -0.4 is 0 Å². The van der Waals surface area contributed by atoms with E-state index in [0.717, 1.165) is 16.1 Å². The van der Waals surface area contributed by atoms with Crippen molar-refractivity contribution in [3.05, 3.63) is 38.0 Å². The van der Waals surface area contributed by atoms with Crippen LogP contribution in [0.25, 0.3) is 0 Å². The number of hydrogen-bond acceptors (Lipinski definition) is 4. The molecule has 2 heterocycles. The van der Waals surface area contributed by atoms with E-state index in [9.17, 15) is 4.79 Å². The van der Waals surface area contributed by atoms with Crippen molar-refractivity contribution in [3.8, 4) is 0 Å². The molecule has 15 heavy (non-hydrogen) atoms. The second kappa shape index (κ2) is 4.24. The third-order valence-electron chi connectivity index (χ3n) is 2.15. The average molecular weight is 237 g/mol. The van der Waals surface area contributed by atoms with Crippen LogP contribution in [0, 0.1) is 13.8 Å². The number of hydrogen-bond donors (Lipinski definition) is 0. The molecule has 0 aromatic carbocycles. The summed E-state index contributed by atoms with van der Waals surface area (Å²) in [5.74, 6) is 0.174. The summed E-state index contributed by atoms with van der Waals surface area (Å²) in [5, 5.41) is 2.05. The van der Waals surface area contributed by atoms with Crippen LogP contribution in [0.15, 0.2) is 17.0 Å². The van der Waals surface area contributed by atoms with Gasteiger partial charge in [-0.15, -0.1) is 22.7 Å². The number of carbonyl (C=O) groups excluding carboxylic acids is 1. The molecule has 0 aliphatic carbocycles. The van der Waals surface area contributed by atoms with Crippen LogP contribution in [0.4, 0.5) is 0 Å². The average Bonchev–Trinajstić information content (AvgIpc) is 2.75. The maximum absolute atomic E-state index is 11.9. The smallest absolute Gasteiger partial charge is 0.179 e. The zero-order valence-electron chi connectivity index (χ0n) is 8.61. The Balaban J connectivity index is 2.14. The molecular weight excluding hydrogens is 226 g/mol. The molecule has 0 unspecified atom stereocenters. The lowest BCUT2D eigenvalue weighted by atomic mass is 10.1. The fourth-order valence-electron chi connectivity index (χ4n) is 1.43. The van der Waals surface area contributed by atoms with Gasteiger partial charge in [0.25, 0.3) is 0 Å². The lowest BCUT2D eigenvalue weighted by molar-refractivity contribution is 0.0996. The molecular formula is C11H11NOS2. The molecule has 0 saturated heterocycles. The molecule has 0 radical (unpaired) electrons. The number of carbonyl (C=O) groups is 1. The van der Waals surface area contributed by atoms with E-state index in [1.54, 1.807) is 16.8 Å². The zero-order chi connectivity index (χ0) is 10.8. The number of aryl methyl sites for hydroxylation is 2. The molecule has 0 amide bonds. The van der Waals surface area contributed by atoms with Gasteiger partial charge in [-0.05, 0) is 30.9 Å². The van der Waals surface area contributed by atoms with Gasteiger partial charge in [0.05, 0.1) is 16.1 Å². The highest BCUT2D eigenvalue weighted by Gasteiger charge is 2.12. The van der Waals surface area contributed by atoms with Crippen LogP contribution in [-0.2, 0) is 6.42 Å². The molecule has 0 N–H and O–H groups in total. The van der Waals surface area contributed by atoms with Crippen molar-refractivity contribution >= 4 is 28.5 Å². The maximum atomic E-state index is 11.9. The molecule has 0 spiro atoms. The van der Waals surface area contributed by atoms with E-state index in [2.05, 4.69) is 18.0 Å². The van der Waals surface area contributed by atoms with Gasteiger partial charge in [-0.3, -0.25) is 4.79 Å². The van der Waals surface area contributed by atoms with Crippen LogP contribution in [0.3, 0.4) is 0 Å². The second-order valence-corrected chi connectivity index (χ2v) is 5.40. The van der Waals surface area contributed by atoms with E-state index in [4.69, 9.17) is 0 Å². The highest BCUT2D eigenvalue weighted by atomic mass is 32.1. The van der Waals surface area contributed by atoms with Gasteiger partial charge in [0.15, 0.2) is 5.78 Å². The summed E-state index contributed by atoms with van der Waals surface area (Å²) in [7, 11) is 0. The minimum absolute atomic E-state index is 0.174. The summed E-state index contributed by atoms with van der Waals surface area (Å²) in [6, 6.07) is 2.07. The molecule has 2 aromatic rings. The first kappa shape index (κ1) is 10.5. The predicted molar refractivity (Wildman–Crippen MR) is 63.9 cm³/mol. The van der Waals surface area contributed by atoms with E-state index in [-0.39, 0.29) is 5.78 Å². The minimum Gasteiger partial charge on any atom is -0.293 e. The van der Waals surface area contributed by atoms with Crippen LogP contribution in [0.5, 0.6) is 0 Å². The van der Waals surface area contributed by atoms with Gasteiger partial charge < -0.3 is 0 Å². The van der Waals surface area contributed by atoms with Crippen LogP contribution in [-0.4, -0.2) is 10.8 Å². The van der Waals surface area contributed by atoms with E-state index < -0.39 is 0 Å². The summed E-state index contributed by atoms with van der Waals surface area (Å²) < 4.78 is 0. The van der Waals surface area contributed by atoms with Crippen molar-refractivity contribution in [2.45, 2.75) is 20.3 Å². The van der Waals surface area contributed by atoms with Crippen LogP contribution >= 0.6 is 22.7 Å². The number of Topliss-reactive ketones (excluding diaryl/α,β-unsaturated/α-hetero) is 1. The third kappa shape index (κ3) is 2.33. The van der Waals surface area contributed by atoms with Gasteiger partial charge in [0.2, 0.25) is 0 Å². The van der Waals surface area contributed by atoms with Crippen LogP contribution in [0.2, 0.25) is 0 Å². The quantitative estimate of drug-likeness (QED) is 0.767. The largest absolute Gasteiger partial charge is 0.293 e.